The van der Waals surface area contributed by atoms with Crippen molar-refractivity contribution in [1.29, 1.82) is 0 Å². The van der Waals surface area contributed by atoms with E-state index in [-0.39, 0.29) is 29.7 Å². The van der Waals surface area contributed by atoms with Gasteiger partial charge < -0.3 is 11.1 Å². The highest BCUT2D eigenvalue weighted by atomic mass is 127. The molecule has 3 nitrogen and oxygen atoms in total. The van der Waals surface area contributed by atoms with Gasteiger partial charge in [0, 0.05) is 15.7 Å². The Morgan fingerprint density at radius 3 is 2.68 bits per heavy atom. The molecule has 1 unspecified atom stereocenters. The van der Waals surface area contributed by atoms with E-state index in [1.807, 2.05) is 29.5 Å². The SMILES string of the molecule is CC(CN)(NC(=O)c1ccc(I)c(F)c1)C1CC1.Cl. The third-order valence-electron chi connectivity index (χ3n) is 3.48. The van der Waals surface area contributed by atoms with Gasteiger partial charge in [0.25, 0.3) is 5.91 Å². The zero-order chi connectivity index (χ0) is 13.3. The molecule has 3 N–H and O–H groups in total. The minimum atomic E-state index is -0.378. The topological polar surface area (TPSA) is 55.1 Å². The molecule has 0 saturated heterocycles. The maximum Gasteiger partial charge on any atom is 0.251 e. The molecule has 1 aromatic rings. The Labute approximate surface area is 132 Å². The van der Waals surface area contributed by atoms with Crippen LogP contribution < -0.4 is 11.1 Å². The van der Waals surface area contributed by atoms with E-state index >= 15 is 0 Å². The van der Waals surface area contributed by atoms with E-state index in [0.29, 0.717) is 21.6 Å². The summed E-state index contributed by atoms with van der Waals surface area (Å²) < 4.78 is 13.9. The van der Waals surface area contributed by atoms with Crippen LogP contribution in [0.1, 0.15) is 30.1 Å². The molecule has 1 aliphatic carbocycles. The van der Waals surface area contributed by atoms with Crippen molar-refractivity contribution in [3.05, 3.63) is 33.1 Å². The normalized spacial score (nSPS) is 17.3. The standard InChI is InChI=1S/C13H16FIN2O.ClH/c1-13(7-16,9-3-4-9)17-12(18)8-2-5-11(15)10(14)6-8;/h2,5-6,9H,3-4,7,16H2,1H3,(H,17,18);1H. The van der Waals surface area contributed by atoms with Crippen LogP contribution in [0.5, 0.6) is 0 Å². The van der Waals surface area contributed by atoms with Crippen molar-refractivity contribution >= 4 is 40.9 Å². The molecule has 6 heteroatoms. The third kappa shape index (κ3) is 3.79. The molecule has 1 aliphatic rings. The molecule has 2 rings (SSSR count). The maximum absolute atomic E-state index is 13.4. The van der Waals surface area contributed by atoms with Gasteiger partial charge in [0.05, 0.1) is 5.54 Å². The molecular formula is C13H17ClFIN2O. The van der Waals surface area contributed by atoms with Gasteiger partial charge in [-0.3, -0.25) is 4.79 Å². The molecule has 0 aromatic heterocycles. The lowest BCUT2D eigenvalue weighted by molar-refractivity contribution is 0.0897. The lowest BCUT2D eigenvalue weighted by Gasteiger charge is -2.29. The van der Waals surface area contributed by atoms with Crippen molar-refractivity contribution in [3.63, 3.8) is 0 Å². The van der Waals surface area contributed by atoms with Gasteiger partial charge in [-0.05, 0) is 66.5 Å². The van der Waals surface area contributed by atoms with E-state index in [1.54, 1.807) is 12.1 Å². The maximum atomic E-state index is 13.4. The summed E-state index contributed by atoms with van der Waals surface area (Å²) in [6.07, 6.45) is 2.18. The summed E-state index contributed by atoms with van der Waals surface area (Å²) in [6, 6.07) is 4.49. The van der Waals surface area contributed by atoms with E-state index in [0.717, 1.165) is 12.8 Å². The molecule has 19 heavy (non-hydrogen) atoms. The second-order valence-electron chi connectivity index (χ2n) is 4.98. The van der Waals surface area contributed by atoms with Gasteiger partial charge in [-0.15, -0.1) is 12.4 Å². The van der Waals surface area contributed by atoms with Crippen LogP contribution in [0.2, 0.25) is 0 Å². The Morgan fingerprint density at radius 2 is 2.21 bits per heavy atom. The molecule has 1 aromatic carbocycles. The summed E-state index contributed by atoms with van der Waals surface area (Å²) in [6.45, 7) is 2.35. The number of hydrogen-bond donors (Lipinski definition) is 2. The zero-order valence-electron chi connectivity index (χ0n) is 10.6. The van der Waals surface area contributed by atoms with Crippen molar-refractivity contribution in [1.82, 2.24) is 5.32 Å². The third-order valence-corrected chi connectivity index (χ3v) is 4.36. The van der Waals surface area contributed by atoms with Crippen molar-refractivity contribution in [2.24, 2.45) is 11.7 Å². The molecule has 0 heterocycles. The Morgan fingerprint density at radius 1 is 1.58 bits per heavy atom. The first-order valence-electron chi connectivity index (χ1n) is 5.94. The number of carbonyl (C=O) groups is 1. The van der Waals surface area contributed by atoms with Gasteiger partial charge in [-0.2, -0.15) is 0 Å². The molecular weight excluding hydrogens is 382 g/mol. The van der Waals surface area contributed by atoms with E-state index in [2.05, 4.69) is 5.32 Å². The van der Waals surface area contributed by atoms with Crippen LogP contribution in [0.15, 0.2) is 18.2 Å². The van der Waals surface area contributed by atoms with Crippen molar-refractivity contribution < 1.29 is 9.18 Å². The number of hydrogen-bond acceptors (Lipinski definition) is 2. The lowest BCUT2D eigenvalue weighted by Crippen LogP contribution is -2.53. The Bertz CT molecular complexity index is 482. The quantitative estimate of drug-likeness (QED) is 0.766. The fourth-order valence-electron chi connectivity index (χ4n) is 2.01. The molecule has 1 fully saturated rings. The Hall–Kier alpha value is -0.400. The van der Waals surface area contributed by atoms with Crippen LogP contribution in [0, 0.1) is 15.3 Å². The average molecular weight is 399 g/mol. The highest BCUT2D eigenvalue weighted by Crippen LogP contribution is 2.39. The van der Waals surface area contributed by atoms with Gasteiger partial charge in [-0.1, -0.05) is 0 Å². The van der Waals surface area contributed by atoms with E-state index in [1.165, 1.54) is 6.07 Å². The number of carbonyl (C=O) groups excluding carboxylic acids is 1. The van der Waals surface area contributed by atoms with E-state index in [4.69, 9.17) is 5.73 Å². The monoisotopic (exact) mass is 398 g/mol. The predicted molar refractivity (Wildman–Crippen MR) is 84.0 cm³/mol. The summed E-state index contributed by atoms with van der Waals surface area (Å²) in [4.78, 5) is 12.1. The Kier molecular flexibility index (Phi) is 5.58. The fraction of sp³-hybridized carbons (Fsp3) is 0.462. The molecule has 1 saturated carbocycles. The van der Waals surface area contributed by atoms with E-state index in [9.17, 15) is 9.18 Å². The summed E-state index contributed by atoms with van der Waals surface area (Å²) >= 11 is 1.89. The second-order valence-corrected chi connectivity index (χ2v) is 6.14. The van der Waals surface area contributed by atoms with Gasteiger partial charge in [0.1, 0.15) is 5.82 Å². The van der Waals surface area contributed by atoms with Crippen LogP contribution >= 0.6 is 35.0 Å². The molecule has 0 spiro atoms. The van der Waals surface area contributed by atoms with Crippen LogP contribution in [-0.2, 0) is 0 Å². The molecule has 1 atom stereocenters. The van der Waals surface area contributed by atoms with Crippen LogP contribution in [0.4, 0.5) is 4.39 Å². The minimum Gasteiger partial charge on any atom is -0.345 e. The largest absolute Gasteiger partial charge is 0.345 e. The first kappa shape index (κ1) is 16.7. The van der Waals surface area contributed by atoms with Crippen LogP contribution in [0.25, 0.3) is 0 Å². The van der Waals surface area contributed by atoms with Crippen LogP contribution in [-0.4, -0.2) is 18.0 Å². The average Bonchev–Trinajstić information content (AvgIpc) is 3.16. The van der Waals surface area contributed by atoms with Gasteiger partial charge in [0.2, 0.25) is 0 Å². The minimum absolute atomic E-state index is 0. The first-order chi connectivity index (χ1) is 8.46. The molecule has 1 amide bonds. The summed E-state index contributed by atoms with van der Waals surface area (Å²) in [7, 11) is 0. The van der Waals surface area contributed by atoms with Crippen molar-refractivity contribution in [2.45, 2.75) is 25.3 Å². The number of amides is 1. The fourth-order valence-corrected chi connectivity index (χ4v) is 2.34. The molecule has 0 aliphatic heterocycles. The van der Waals surface area contributed by atoms with E-state index < -0.39 is 0 Å². The highest BCUT2D eigenvalue weighted by molar-refractivity contribution is 14.1. The molecule has 0 bridgehead atoms. The van der Waals surface area contributed by atoms with Crippen molar-refractivity contribution in [2.75, 3.05) is 6.54 Å². The summed E-state index contributed by atoms with van der Waals surface area (Å²) in [5.41, 5.74) is 5.70. The molecule has 0 radical (unpaired) electrons. The Balaban J connectivity index is 0.00000180. The highest BCUT2D eigenvalue weighted by Gasteiger charge is 2.41. The zero-order valence-corrected chi connectivity index (χ0v) is 13.6. The van der Waals surface area contributed by atoms with Crippen molar-refractivity contribution in [3.8, 4) is 0 Å². The smallest absolute Gasteiger partial charge is 0.251 e. The second kappa shape index (κ2) is 6.37. The number of halogens is 3. The van der Waals surface area contributed by atoms with Crippen LogP contribution in [0.3, 0.4) is 0 Å². The molecule has 106 valence electrons. The van der Waals surface area contributed by atoms with Gasteiger partial charge in [0.15, 0.2) is 0 Å². The number of benzene rings is 1. The summed E-state index contributed by atoms with van der Waals surface area (Å²) in [5, 5.41) is 2.93. The summed E-state index contributed by atoms with van der Waals surface area (Å²) in [5.74, 6) is -0.186. The number of nitrogens with two attached hydrogens (primary N) is 1. The predicted octanol–water partition coefficient (Wildman–Crippen LogP) is 2.71. The first-order valence-corrected chi connectivity index (χ1v) is 7.02. The van der Waals surface area contributed by atoms with Gasteiger partial charge in [-0.25, -0.2) is 4.39 Å². The number of nitrogens with one attached hydrogen (secondary N) is 1. The number of rotatable bonds is 4. The van der Waals surface area contributed by atoms with Gasteiger partial charge >= 0.3 is 0 Å². The lowest BCUT2D eigenvalue weighted by atomic mass is 9.95.